The molecule has 0 fully saturated rings. The van der Waals surface area contributed by atoms with Crippen molar-refractivity contribution in [3.63, 3.8) is 0 Å². The topological polar surface area (TPSA) is 189 Å². The first-order valence-corrected chi connectivity index (χ1v) is 8.23. The maximum atomic E-state index is 9.53. The number of rotatable bonds is 2. The monoisotopic (exact) mass is 338 g/mol. The van der Waals surface area contributed by atoms with Gasteiger partial charge in [-0.25, -0.2) is 0 Å². The molecule has 0 unspecified atom stereocenters. The Morgan fingerprint density at radius 1 is 0.857 bits per heavy atom. The van der Waals surface area contributed by atoms with E-state index < -0.39 is 40.2 Å². The Balaban J connectivity index is 0. The van der Waals surface area contributed by atoms with Gasteiger partial charge in [0.25, 0.3) is 0 Å². The number of hydrogen-bond donors (Lipinski definition) is 3. The molecule has 88 valence electrons. The second kappa shape index (κ2) is 5.20. The van der Waals surface area contributed by atoms with E-state index in [0.717, 1.165) is 0 Å². The van der Waals surface area contributed by atoms with Crippen LogP contribution in [-0.2, 0) is 69.8 Å². The van der Waals surface area contributed by atoms with Crippen LogP contribution < -0.4 is 0 Å². The van der Waals surface area contributed by atoms with E-state index in [0.29, 0.717) is 0 Å². The predicted octanol–water partition coefficient (Wildman–Crippen LogP) is -2.58. The summed E-state index contributed by atoms with van der Waals surface area (Å²) in [5.41, 5.74) is 0. The molecule has 0 aromatic carbocycles. The van der Waals surface area contributed by atoms with Crippen LogP contribution >= 0.6 is 0 Å². The molecule has 0 heterocycles. The van der Waals surface area contributed by atoms with Crippen LogP contribution in [0.5, 0.6) is 0 Å². The molecule has 3 N–H and O–H groups in total. The summed E-state index contributed by atoms with van der Waals surface area (Å²) in [6, 6.07) is 0. The molecule has 0 saturated carbocycles. The molecule has 0 amide bonds. The Morgan fingerprint density at radius 3 is 1.00 bits per heavy atom. The van der Waals surface area contributed by atoms with E-state index in [4.69, 9.17) is 24.0 Å². The summed E-state index contributed by atoms with van der Waals surface area (Å²) in [5, 5.41) is 0. The van der Waals surface area contributed by atoms with Crippen LogP contribution in [0.3, 0.4) is 0 Å². The van der Waals surface area contributed by atoms with Gasteiger partial charge in [0, 0.05) is 0 Å². The molecular weight excluding hydrogens is 335 g/mol. The van der Waals surface area contributed by atoms with Gasteiger partial charge in [-0.3, -0.25) is 0 Å². The van der Waals surface area contributed by atoms with Crippen molar-refractivity contribution < 1.29 is 82.3 Å². The zero-order valence-corrected chi connectivity index (χ0v) is 9.53. The fraction of sp³-hybridized carbons (Fsp3) is 0. The van der Waals surface area contributed by atoms with Gasteiger partial charge >= 0.3 is 82.3 Å². The minimum atomic E-state index is -5.76. The van der Waals surface area contributed by atoms with Crippen LogP contribution in [0.4, 0.5) is 0 Å². The van der Waals surface area contributed by atoms with E-state index in [1.165, 1.54) is 0 Å². The zero-order chi connectivity index (χ0) is 12.2. The van der Waals surface area contributed by atoms with Gasteiger partial charge in [-0.1, -0.05) is 0 Å². The first-order chi connectivity index (χ1) is 5.71. The van der Waals surface area contributed by atoms with E-state index in [-0.39, 0.29) is 0 Å². The van der Waals surface area contributed by atoms with Crippen molar-refractivity contribution in [1.82, 2.24) is 0 Å². The summed E-state index contributed by atoms with van der Waals surface area (Å²) in [6.07, 6.45) is 0. The van der Waals surface area contributed by atoms with Gasteiger partial charge in [-0.05, 0) is 0 Å². The molecule has 0 spiro atoms. The molecule has 0 atom stereocenters. The quantitative estimate of drug-likeness (QED) is 0.448. The van der Waals surface area contributed by atoms with E-state index in [1.54, 1.807) is 0 Å². The van der Waals surface area contributed by atoms with Crippen molar-refractivity contribution in [3.8, 4) is 0 Å². The molecule has 11 nitrogen and oxygen atoms in total. The Bertz CT molecular complexity index is 461. The van der Waals surface area contributed by atoms with Crippen molar-refractivity contribution in [2.45, 2.75) is 0 Å². The van der Waals surface area contributed by atoms with Crippen LogP contribution in [-0.4, -0.2) is 12.5 Å². The summed E-state index contributed by atoms with van der Waals surface area (Å²) < 4.78 is 89.3. The van der Waals surface area contributed by atoms with Crippen LogP contribution in [0.1, 0.15) is 0 Å². The molecule has 0 aromatic heterocycles. The van der Waals surface area contributed by atoms with Gasteiger partial charge < -0.3 is 0 Å². The normalized spacial score (nSPS) is 12.8. The van der Waals surface area contributed by atoms with Crippen LogP contribution in [0.15, 0.2) is 0 Å². The average Bonchev–Trinajstić information content (AvgIpc) is 1.42. The van der Waals surface area contributed by atoms with Crippen molar-refractivity contribution >= 4 is 0 Å². The van der Waals surface area contributed by atoms with Gasteiger partial charge in [-0.2, -0.15) is 0 Å². The summed E-state index contributed by atoms with van der Waals surface area (Å²) >= 11 is -16.9. The molecule has 0 aromatic rings. The fourth-order valence-electron chi connectivity index (χ4n) is 0.109. The standard InChI is InChI=1S/2Cr.Mn.3H2O.8O/h;;;3*1H2;;;;;;;;/q3*+1;;;;;;;;;;;/p-3. The first-order valence-electron chi connectivity index (χ1n) is 2.00. The zero-order valence-electron chi connectivity index (χ0n) is 5.80. The SMILES string of the molecule is [O]=[Cr](=[O])([OH])[O][Cr](=[O])(=[O])[OH].[O]=[Mn](=[O])(=[O])[OH]. The average molecular weight is 338 g/mol. The van der Waals surface area contributed by atoms with Crippen molar-refractivity contribution in [2.24, 2.45) is 0 Å². The van der Waals surface area contributed by atoms with E-state index in [9.17, 15) is 15.2 Å². The maximum absolute atomic E-state index is 9.53. The summed E-state index contributed by atoms with van der Waals surface area (Å²) in [4.78, 5) is 0. The Kier molecular flexibility index (Phi) is 6.12. The third-order valence-electron chi connectivity index (χ3n) is 0.172. The molecular formula is H3Cr2MnO11. The summed E-state index contributed by atoms with van der Waals surface area (Å²) in [6.45, 7) is 0. The van der Waals surface area contributed by atoms with Crippen molar-refractivity contribution in [2.75, 3.05) is 0 Å². The summed E-state index contributed by atoms with van der Waals surface area (Å²) in [5.74, 6) is 0. The molecule has 14 heavy (non-hydrogen) atoms. The fourth-order valence-corrected chi connectivity index (χ4v) is 1.85. The molecule has 14 heteroatoms. The second-order valence-electron chi connectivity index (χ2n) is 1.32. The molecule has 0 aliphatic rings. The van der Waals surface area contributed by atoms with Crippen LogP contribution in [0, 0.1) is 0 Å². The van der Waals surface area contributed by atoms with Gasteiger partial charge in [0.1, 0.15) is 0 Å². The van der Waals surface area contributed by atoms with Gasteiger partial charge in [0.05, 0.1) is 0 Å². The third kappa shape index (κ3) is 40.3. The summed E-state index contributed by atoms with van der Waals surface area (Å²) in [7, 11) is 0. The van der Waals surface area contributed by atoms with Crippen LogP contribution in [0.25, 0.3) is 0 Å². The predicted molar refractivity (Wildman–Crippen MR) is 12.5 cm³/mol. The van der Waals surface area contributed by atoms with E-state index >= 15 is 0 Å². The molecule has 0 aliphatic heterocycles. The first kappa shape index (κ1) is 16.5. The Hall–Kier alpha value is 0.0244. The molecule has 0 radical (unpaired) electrons. The van der Waals surface area contributed by atoms with Crippen molar-refractivity contribution in [1.29, 1.82) is 0 Å². The second-order valence-corrected chi connectivity index (χ2v) is 6.32. The molecule has 0 rings (SSSR count). The third-order valence-corrected chi connectivity index (χ3v) is 2.92. The van der Waals surface area contributed by atoms with Gasteiger partial charge in [0.15, 0.2) is 0 Å². The van der Waals surface area contributed by atoms with Crippen molar-refractivity contribution in [3.05, 3.63) is 0 Å². The minimum absolute atomic E-state index is 2.83. The van der Waals surface area contributed by atoms with Gasteiger partial charge in [-0.15, -0.1) is 0 Å². The molecule has 0 bridgehead atoms. The van der Waals surface area contributed by atoms with Gasteiger partial charge in [0.2, 0.25) is 0 Å². The molecule has 0 saturated heterocycles. The Morgan fingerprint density at radius 2 is 1.00 bits per heavy atom. The molecule has 0 aliphatic carbocycles. The van der Waals surface area contributed by atoms with E-state index in [2.05, 4.69) is 2.84 Å². The van der Waals surface area contributed by atoms with Crippen LogP contribution in [0.2, 0.25) is 0 Å². The Labute approximate surface area is 82.2 Å². The number of hydrogen-bond acceptors (Lipinski definition) is 8. The van der Waals surface area contributed by atoms with E-state index in [1.807, 2.05) is 0 Å².